The van der Waals surface area contributed by atoms with Crippen LogP contribution in [0.25, 0.3) is 0 Å². The number of halogens is 1. The lowest BCUT2D eigenvalue weighted by Gasteiger charge is -2.23. The Kier molecular flexibility index (Phi) is 5.00. The van der Waals surface area contributed by atoms with E-state index < -0.39 is 12.0 Å². The van der Waals surface area contributed by atoms with Gasteiger partial charge in [0.05, 0.1) is 11.3 Å². The lowest BCUT2D eigenvalue weighted by Crippen LogP contribution is -2.39. The molecular weight excluding hydrogens is 312 g/mol. The second-order valence-corrected chi connectivity index (χ2v) is 7.32. The van der Waals surface area contributed by atoms with Crippen LogP contribution in [-0.4, -0.2) is 34.2 Å². The van der Waals surface area contributed by atoms with Gasteiger partial charge in [0.2, 0.25) is 0 Å². The number of amides is 2. The van der Waals surface area contributed by atoms with Crippen LogP contribution >= 0.6 is 23.4 Å². The molecule has 21 heavy (non-hydrogen) atoms. The molecule has 0 spiro atoms. The largest absolute Gasteiger partial charge is 0.478 e. The van der Waals surface area contributed by atoms with Crippen LogP contribution in [0.5, 0.6) is 0 Å². The summed E-state index contributed by atoms with van der Waals surface area (Å²) in [6.07, 6.45) is 2.22. The number of thioether (sulfide) groups is 1. The summed E-state index contributed by atoms with van der Waals surface area (Å²) in [6, 6.07) is 3.85. The van der Waals surface area contributed by atoms with E-state index in [9.17, 15) is 9.59 Å². The lowest BCUT2D eigenvalue weighted by atomic mass is 10.1. The lowest BCUT2D eigenvalue weighted by molar-refractivity contribution is 0.0698. The Hall–Kier alpha value is -1.40. The Balaban J connectivity index is 1.99. The maximum Gasteiger partial charge on any atom is 0.337 e. The summed E-state index contributed by atoms with van der Waals surface area (Å²) in [5.74, 6) is -0.00247. The third kappa shape index (κ3) is 4.28. The number of rotatable bonds is 4. The normalized spacial score (nSPS) is 21.0. The third-order valence-corrected chi connectivity index (χ3v) is 5.16. The summed E-state index contributed by atoms with van der Waals surface area (Å²) in [4.78, 5) is 23.0. The number of carbonyl (C=O) groups excluding carboxylic acids is 1. The minimum atomic E-state index is -1.11. The Labute approximate surface area is 132 Å². The molecule has 1 atom stereocenters. The summed E-state index contributed by atoms with van der Waals surface area (Å²) < 4.78 is 0.0568. The van der Waals surface area contributed by atoms with Gasteiger partial charge in [-0.1, -0.05) is 11.6 Å². The van der Waals surface area contributed by atoms with Gasteiger partial charge in [0, 0.05) is 16.3 Å². The molecule has 1 heterocycles. The first kappa shape index (κ1) is 16.0. The molecule has 1 aromatic rings. The van der Waals surface area contributed by atoms with Gasteiger partial charge in [0.15, 0.2) is 0 Å². The maximum atomic E-state index is 11.9. The number of benzene rings is 1. The van der Waals surface area contributed by atoms with E-state index in [1.165, 1.54) is 18.2 Å². The van der Waals surface area contributed by atoms with Crippen molar-refractivity contribution in [2.24, 2.45) is 0 Å². The van der Waals surface area contributed by atoms with E-state index in [-0.39, 0.29) is 16.0 Å². The van der Waals surface area contributed by atoms with Crippen LogP contribution in [0.1, 0.15) is 30.1 Å². The molecule has 7 heteroatoms. The van der Waals surface area contributed by atoms with Crippen LogP contribution in [0, 0.1) is 0 Å². The quantitative estimate of drug-likeness (QED) is 0.791. The number of carboxylic acid groups (broad SMARTS) is 1. The molecule has 2 rings (SSSR count). The molecule has 5 nitrogen and oxygen atoms in total. The first-order valence-corrected chi connectivity index (χ1v) is 7.98. The highest BCUT2D eigenvalue weighted by molar-refractivity contribution is 8.00. The van der Waals surface area contributed by atoms with Gasteiger partial charge in [-0.15, -0.1) is 0 Å². The van der Waals surface area contributed by atoms with Crippen LogP contribution in [0.3, 0.4) is 0 Å². The third-order valence-electron chi connectivity index (χ3n) is 3.38. The molecule has 0 aromatic heterocycles. The second kappa shape index (κ2) is 6.58. The van der Waals surface area contributed by atoms with Crippen molar-refractivity contribution < 1.29 is 14.7 Å². The van der Waals surface area contributed by atoms with Gasteiger partial charge >= 0.3 is 12.0 Å². The van der Waals surface area contributed by atoms with Crippen molar-refractivity contribution >= 4 is 41.1 Å². The fourth-order valence-corrected chi connectivity index (χ4v) is 3.63. The zero-order chi connectivity index (χ0) is 15.5. The number of hydrogen-bond donors (Lipinski definition) is 3. The summed E-state index contributed by atoms with van der Waals surface area (Å²) in [5, 5.41) is 14.8. The standard InChI is InChI=1S/C14H17ClN2O3S/c1-14(5-2-6-21-14)8-16-13(20)17-11-7-9(15)3-4-10(11)12(18)19/h3-4,7H,2,5-6,8H2,1H3,(H,18,19)(H2,16,17,20). The van der Waals surface area contributed by atoms with Crippen LogP contribution in [-0.2, 0) is 0 Å². The van der Waals surface area contributed by atoms with Crippen molar-refractivity contribution in [2.45, 2.75) is 24.5 Å². The number of urea groups is 1. The Morgan fingerprint density at radius 2 is 2.24 bits per heavy atom. The van der Waals surface area contributed by atoms with E-state index in [2.05, 4.69) is 17.6 Å². The molecule has 1 aromatic carbocycles. The molecule has 114 valence electrons. The smallest absolute Gasteiger partial charge is 0.337 e. The van der Waals surface area contributed by atoms with Crippen molar-refractivity contribution in [3.63, 3.8) is 0 Å². The summed E-state index contributed by atoms with van der Waals surface area (Å²) in [5.41, 5.74) is 0.202. The van der Waals surface area contributed by atoms with Crippen LogP contribution in [0.15, 0.2) is 18.2 Å². The van der Waals surface area contributed by atoms with Crippen LogP contribution in [0.4, 0.5) is 10.5 Å². The first-order valence-electron chi connectivity index (χ1n) is 6.61. The zero-order valence-corrected chi connectivity index (χ0v) is 13.2. The molecule has 2 amide bonds. The van der Waals surface area contributed by atoms with Crippen molar-refractivity contribution in [1.29, 1.82) is 0 Å². The van der Waals surface area contributed by atoms with E-state index in [1.54, 1.807) is 0 Å². The van der Waals surface area contributed by atoms with Crippen molar-refractivity contribution in [2.75, 3.05) is 17.6 Å². The number of hydrogen-bond acceptors (Lipinski definition) is 3. The molecule has 1 fully saturated rings. The number of nitrogens with one attached hydrogen (secondary N) is 2. The fourth-order valence-electron chi connectivity index (χ4n) is 2.22. The van der Waals surface area contributed by atoms with E-state index >= 15 is 0 Å². The summed E-state index contributed by atoms with van der Waals surface area (Å²) >= 11 is 7.69. The van der Waals surface area contributed by atoms with Gasteiger partial charge in [0.25, 0.3) is 0 Å². The molecule has 3 N–H and O–H groups in total. The molecule has 1 aliphatic rings. The van der Waals surface area contributed by atoms with Crippen molar-refractivity contribution in [3.8, 4) is 0 Å². The number of carboxylic acids is 1. The zero-order valence-electron chi connectivity index (χ0n) is 11.6. The topological polar surface area (TPSA) is 78.4 Å². The Bertz CT molecular complexity index is 559. The summed E-state index contributed by atoms with van der Waals surface area (Å²) in [7, 11) is 0. The van der Waals surface area contributed by atoms with Gasteiger partial charge in [-0.25, -0.2) is 9.59 Å². The minimum absolute atomic E-state index is 0.0102. The average molecular weight is 329 g/mol. The number of carbonyl (C=O) groups is 2. The number of anilines is 1. The molecular formula is C14H17ClN2O3S. The highest BCUT2D eigenvalue weighted by atomic mass is 35.5. The van der Waals surface area contributed by atoms with E-state index in [4.69, 9.17) is 16.7 Å². The number of aromatic carboxylic acids is 1. The highest BCUT2D eigenvalue weighted by Crippen LogP contribution is 2.36. The van der Waals surface area contributed by atoms with Gasteiger partial charge in [-0.2, -0.15) is 11.8 Å². The minimum Gasteiger partial charge on any atom is -0.478 e. The highest BCUT2D eigenvalue weighted by Gasteiger charge is 2.29. The maximum absolute atomic E-state index is 11.9. The SMILES string of the molecule is CC1(CNC(=O)Nc2cc(Cl)ccc2C(=O)O)CCCS1. The molecule has 0 aliphatic carbocycles. The molecule has 0 saturated carbocycles. The van der Waals surface area contributed by atoms with Crippen molar-refractivity contribution in [3.05, 3.63) is 28.8 Å². The fraction of sp³-hybridized carbons (Fsp3) is 0.429. The summed E-state index contributed by atoms with van der Waals surface area (Å²) in [6.45, 7) is 2.67. The Morgan fingerprint density at radius 3 is 2.86 bits per heavy atom. The average Bonchev–Trinajstić information content (AvgIpc) is 2.84. The Morgan fingerprint density at radius 1 is 1.48 bits per heavy atom. The molecule has 0 radical (unpaired) electrons. The van der Waals surface area contributed by atoms with Crippen molar-refractivity contribution in [1.82, 2.24) is 5.32 Å². The van der Waals surface area contributed by atoms with Gasteiger partial charge in [-0.05, 0) is 43.7 Å². The van der Waals surface area contributed by atoms with E-state index in [0.29, 0.717) is 11.6 Å². The van der Waals surface area contributed by atoms with Gasteiger partial charge in [0.1, 0.15) is 0 Å². The van der Waals surface area contributed by atoms with Gasteiger partial charge in [-0.3, -0.25) is 0 Å². The molecule has 1 aliphatic heterocycles. The van der Waals surface area contributed by atoms with E-state index in [0.717, 1.165) is 18.6 Å². The van der Waals surface area contributed by atoms with Crippen LogP contribution < -0.4 is 10.6 Å². The first-order chi connectivity index (χ1) is 9.89. The predicted octanol–water partition coefficient (Wildman–Crippen LogP) is 3.45. The van der Waals surface area contributed by atoms with Gasteiger partial charge < -0.3 is 15.7 Å². The molecule has 1 saturated heterocycles. The van der Waals surface area contributed by atoms with Crippen LogP contribution in [0.2, 0.25) is 5.02 Å². The molecule has 0 bridgehead atoms. The molecule has 1 unspecified atom stereocenters. The predicted molar refractivity (Wildman–Crippen MR) is 85.5 cm³/mol. The van der Waals surface area contributed by atoms with E-state index in [1.807, 2.05) is 11.8 Å². The second-order valence-electron chi connectivity index (χ2n) is 5.20. The monoisotopic (exact) mass is 328 g/mol.